The largest absolute Gasteiger partial charge is 0.475 e. The van der Waals surface area contributed by atoms with Crippen molar-refractivity contribution in [3.8, 4) is 6.07 Å². The Morgan fingerprint density at radius 3 is 2.62 bits per heavy atom. The summed E-state index contributed by atoms with van der Waals surface area (Å²) in [6, 6.07) is 10.2. The standard InChI is InChI=1S/C25H34BFN4O6/c1-25(2,30-8-10-36-11-9-30)14-19(15-28)23(32)31-16-20(27)13-21(31)17-37-24(33)29-22(26(34)35)12-18-6-4-3-5-7-18/h3-7,14,20-22,34-35H,8-13,16-17H2,1-2H3,(H,29,33)/b19-14+/t20-,21+,22-/m0/s1. The molecule has 37 heavy (non-hydrogen) atoms. The van der Waals surface area contributed by atoms with Gasteiger partial charge in [-0.15, -0.1) is 0 Å². The summed E-state index contributed by atoms with van der Waals surface area (Å²) in [6.07, 6.45) is -0.538. The van der Waals surface area contributed by atoms with Crippen LogP contribution in [0.15, 0.2) is 42.0 Å². The highest BCUT2D eigenvalue weighted by molar-refractivity contribution is 6.43. The minimum atomic E-state index is -1.83. The maximum atomic E-state index is 14.3. The average Bonchev–Trinajstić information content (AvgIpc) is 3.26. The molecule has 2 amide bonds. The van der Waals surface area contributed by atoms with Crippen LogP contribution in [0.2, 0.25) is 0 Å². The molecular formula is C25H34BFN4O6. The molecule has 1 aromatic rings. The molecule has 0 radical (unpaired) electrons. The van der Waals surface area contributed by atoms with Crippen LogP contribution >= 0.6 is 0 Å². The van der Waals surface area contributed by atoms with E-state index in [9.17, 15) is 29.3 Å². The zero-order valence-electron chi connectivity index (χ0n) is 21.2. The van der Waals surface area contributed by atoms with Crippen LogP contribution < -0.4 is 5.32 Å². The van der Waals surface area contributed by atoms with E-state index in [4.69, 9.17) is 9.47 Å². The molecule has 12 heteroatoms. The highest BCUT2D eigenvalue weighted by Gasteiger charge is 2.39. The number of morpholine rings is 1. The van der Waals surface area contributed by atoms with E-state index in [1.807, 2.05) is 26.0 Å². The smallest absolute Gasteiger partial charge is 0.447 e. The van der Waals surface area contributed by atoms with Crippen LogP contribution in [-0.2, 0) is 20.7 Å². The Labute approximate surface area is 216 Å². The van der Waals surface area contributed by atoms with Gasteiger partial charge in [0.2, 0.25) is 0 Å². The summed E-state index contributed by atoms with van der Waals surface area (Å²) < 4.78 is 24.9. The van der Waals surface area contributed by atoms with Gasteiger partial charge in [-0.05, 0) is 31.9 Å². The molecule has 0 unspecified atom stereocenters. The SMILES string of the molecule is CC(C)(/C=C(\C#N)C(=O)N1C[C@@H](F)C[C@@H]1COC(=O)N[C@@H](Cc1ccccc1)B(O)O)N1CCOCC1. The van der Waals surface area contributed by atoms with E-state index in [-0.39, 0.29) is 31.6 Å². The number of carbonyl (C=O) groups excluding carboxylic acids is 2. The number of carbonyl (C=O) groups is 2. The van der Waals surface area contributed by atoms with Crippen molar-refractivity contribution >= 4 is 19.1 Å². The van der Waals surface area contributed by atoms with E-state index in [1.165, 1.54) is 4.90 Å². The third-order valence-electron chi connectivity index (χ3n) is 6.67. The van der Waals surface area contributed by atoms with Gasteiger partial charge >= 0.3 is 13.2 Å². The van der Waals surface area contributed by atoms with Gasteiger partial charge in [-0.2, -0.15) is 5.26 Å². The second-order valence-corrected chi connectivity index (χ2v) is 9.82. The Hall–Kier alpha value is -2.98. The number of hydrogen-bond acceptors (Lipinski definition) is 8. The predicted molar refractivity (Wildman–Crippen MR) is 134 cm³/mol. The Kier molecular flexibility index (Phi) is 10.1. The Bertz CT molecular complexity index is 997. The molecule has 0 spiro atoms. The van der Waals surface area contributed by atoms with Gasteiger partial charge in [0, 0.05) is 25.0 Å². The number of nitrogens with one attached hydrogen (secondary N) is 1. The number of likely N-dealkylation sites (tertiary alicyclic amines) is 1. The summed E-state index contributed by atoms with van der Waals surface area (Å²) >= 11 is 0. The van der Waals surface area contributed by atoms with Crippen LogP contribution in [0.4, 0.5) is 9.18 Å². The Morgan fingerprint density at radius 1 is 1.32 bits per heavy atom. The molecule has 3 rings (SSSR count). The van der Waals surface area contributed by atoms with Crippen LogP contribution in [0, 0.1) is 11.3 Å². The lowest BCUT2D eigenvalue weighted by Crippen LogP contribution is -2.49. The number of rotatable bonds is 9. The van der Waals surface area contributed by atoms with Crippen LogP contribution in [-0.4, -0.2) is 102 Å². The summed E-state index contributed by atoms with van der Waals surface area (Å²) in [5.41, 5.74) is 0.0837. The fourth-order valence-corrected chi connectivity index (χ4v) is 4.61. The molecule has 0 aliphatic carbocycles. The minimum absolute atomic E-state index is 0.0410. The van der Waals surface area contributed by atoms with Gasteiger partial charge in [-0.25, -0.2) is 9.18 Å². The first-order valence-corrected chi connectivity index (χ1v) is 12.3. The molecule has 200 valence electrons. The van der Waals surface area contributed by atoms with E-state index >= 15 is 0 Å². The van der Waals surface area contributed by atoms with Gasteiger partial charge in [0.15, 0.2) is 0 Å². The predicted octanol–water partition coefficient (Wildman–Crippen LogP) is 0.836. The zero-order chi connectivity index (χ0) is 27.0. The number of alkyl halides is 1. The fourth-order valence-electron chi connectivity index (χ4n) is 4.61. The molecule has 2 aliphatic rings. The van der Waals surface area contributed by atoms with Crippen LogP contribution in [0.5, 0.6) is 0 Å². The van der Waals surface area contributed by atoms with E-state index in [0.29, 0.717) is 26.3 Å². The fraction of sp³-hybridized carbons (Fsp3) is 0.560. The second kappa shape index (κ2) is 13.0. The van der Waals surface area contributed by atoms with Crippen LogP contribution in [0.25, 0.3) is 0 Å². The highest BCUT2D eigenvalue weighted by atomic mass is 19.1. The first-order valence-electron chi connectivity index (χ1n) is 12.3. The van der Waals surface area contributed by atoms with Gasteiger partial charge in [-0.3, -0.25) is 9.69 Å². The average molecular weight is 516 g/mol. The van der Waals surface area contributed by atoms with Crippen molar-refractivity contribution < 1.29 is 33.5 Å². The summed E-state index contributed by atoms with van der Waals surface area (Å²) in [5, 5.41) is 31.4. The molecular weight excluding hydrogens is 482 g/mol. The van der Waals surface area contributed by atoms with Crippen molar-refractivity contribution in [3.05, 3.63) is 47.5 Å². The quantitative estimate of drug-likeness (QED) is 0.250. The summed E-state index contributed by atoms with van der Waals surface area (Å²) in [6.45, 7) is 5.72. The van der Waals surface area contributed by atoms with Crippen LogP contribution in [0.1, 0.15) is 25.8 Å². The summed E-state index contributed by atoms with van der Waals surface area (Å²) in [5.74, 6) is -1.65. The molecule has 0 bridgehead atoms. The topological polar surface area (TPSA) is 135 Å². The molecule has 0 saturated carbocycles. The third kappa shape index (κ3) is 8.00. The van der Waals surface area contributed by atoms with Crippen molar-refractivity contribution in [3.63, 3.8) is 0 Å². The molecule has 1 aromatic carbocycles. The van der Waals surface area contributed by atoms with E-state index < -0.39 is 42.8 Å². The summed E-state index contributed by atoms with van der Waals surface area (Å²) in [4.78, 5) is 28.9. The number of nitriles is 1. The van der Waals surface area contributed by atoms with Gasteiger partial charge in [0.05, 0.1) is 31.7 Å². The van der Waals surface area contributed by atoms with E-state index in [2.05, 4.69) is 10.2 Å². The number of nitrogens with zero attached hydrogens (tertiary/aromatic N) is 3. The lowest BCUT2D eigenvalue weighted by molar-refractivity contribution is -0.128. The molecule has 0 aromatic heterocycles. The molecule has 2 aliphatic heterocycles. The third-order valence-corrected chi connectivity index (χ3v) is 6.67. The number of halogens is 1. The van der Waals surface area contributed by atoms with E-state index in [0.717, 1.165) is 5.56 Å². The minimum Gasteiger partial charge on any atom is -0.447 e. The van der Waals surface area contributed by atoms with Crippen LogP contribution in [0.3, 0.4) is 0 Å². The second-order valence-electron chi connectivity index (χ2n) is 9.82. The molecule has 2 saturated heterocycles. The number of amides is 2. The van der Waals surface area contributed by atoms with Crippen molar-refractivity contribution in [1.82, 2.24) is 15.1 Å². The van der Waals surface area contributed by atoms with Gasteiger partial charge in [0.1, 0.15) is 24.4 Å². The molecule has 3 N–H and O–H groups in total. The number of benzene rings is 1. The number of alkyl carbamates (subject to hydrolysis) is 1. The van der Waals surface area contributed by atoms with Crippen molar-refractivity contribution in [2.75, 3.05) is 39.5 Å². The maximum absolute atomic E-state index is 14.3. The van der Waals surface area contributed by atoms with Gasteiger partial charge in [0.25, 0.3) is 5.91 Å². The molecule has 3 atom stereocenters. The number of hydrogen-bond donors (Lipinski definition) is 3. The lowest BCUT2D eigenvalue weighted by Gasteiger charge is -2.39. The Balaban J connectivity index is 1.62. The number of ether oxygens (including phenoxy) is 2. The van der Waals surface area contributed by atoms with E-state index in [1.54, 1.807) is 30.3 Å². The van der Waals surface area contributed by atoms with Gasteiger partial charge in [-0.1, -0.05) is 30.3 Å². The highest BCUT2D eigenvalue weighted by Crippen LogP contribution is 2.25. The van der Waals surface area contributed by atoms with Crippen molar-refractivity contribution in [2.45, 2.75) is 50.4 Å². The molecule has 2 fully saturated rings. The molecule has 10 nitrogen and oxygen atoms in total. The molecule has 2 heterocycles. The van der Waals surface area contributed by atoms with Gasteiger partial charge < -0.3 is 29.7 Å². The first kappa shape index (κ1) is 28.6. The Morgan fingerprint density at radius 2 is 2.00 bits per heavy atom. The summed E-state index contributed by atoms with van der Waals surface area (Å²) in [7, 11) is -1.83. The normalized spacial score (nSPS) is 21.7. The first-order chi connectivity index (χ1) is 17.6. The van der Waals surface area contributed by atoms with Crippen molar-refractivity contribution in [1.29, 1.82) is 5.26 Å². The zero-order valence-corrected chi connectivity index (χ0v) is 21.2. The lowest BCUT2D eigenvalue weighted by atomic mass is 9.76. The monoisotopic (exact) mass is 516 g/mol. The van der Waals surface area contributed by atoms with Crippen molar-refractivity contribution in [2.24, 2.45) is 0 Å². The maximum Gasteiger partial charge on any atom is 0.475 e.